The quantitative estimate of drug-likeness (QED) is 0.159. The number of aryl methyl sites for hydroxylation is 1. The third-order valence-electron chi connectivity index (χ3n) is 8.55. The van der Waals surface area contributed by atoms with E-state index in [9.17, 15) is 0 Å². The second-order valence-electron chi connectivity index (χ2n) is 11.4. The lowest BCUT2D eigenvalue weighted by atomic mass is 9.88. The summed E-state index contributed by atoms with van der Waals surface area (Å²) in [6, 6.07) is 33.9. The third-order valence-corrected chi connectivity index (χ3v) is 10.8. The Bertz CT molecular complexity index is 1430. The van der Waals surface area contributed by atoms with Crippen molar-refractivity contribution in [3.63, 3.8) is 0 Å². The fourth-order valence-electron chi connectivity index (χ4n) is 6.02. The van der Waals surface area contributed by atoms with Crippen molar-refractivity contribution in [2.24, 2.45) is 5.92 Å². The van der Waals surface area contributed by atoms with E-state index in [0.717, 1.165) is 46.7 Å². The lowest BCUT2D eigenvalue weighted by Crippen LogP contribution is -2.48. The third kappa shape index (κ3) is 7.85. The smallest absolute Gasteiger partial charge is 0.124 e. The SMILES string of the molecule is CCc1ccc(Cc2cc([C@@H]3S[C@H](CC)[C@@H](C)[C@H](OCc4ccccc4)[C@H]3OCc3ccccc3)c(OC)cc2Cl)cc1. The Kier molecular flexibility index (Phi) is 11.3. The molecule has 0 saturated carbocycles. The van der Waals surface area contributed by atoms with Gasteiger partial charge in [0.2, 0.25) is 0 Å². The monoisotopic (exact) mass is 614 g/mol. The van der Waals surface area contributed by atoms with Crippen molar-refractivity contribution in [3.8, 4) is 5.75 Å². The molecule has 0 radical (unpaired) electrons. The lowest BCUT2D eigenvalue weighted by molar-refractivity contribution is -0.112. The van der Waals surface area contributed by atoms with Crippen molar-refractivity contribution in [2.45, 2.75) is 76.0 Å². The van der Waals surface area contributed by atoms with Crippen LogP contribution in [-0.2, 0) is 35.5 Å². The van der Waals surface area contributed by atoms with Crippen LogP contribution >= 0.6 is 23.4 Å². The van der Waals surface area contributed by atoms with Crippen molar-refractivity contribution in [1.29, 1.82) is 0 Å². The largest absolute Gasteiger partial charge is 0.496 e. The Labute approximate surface area is 266 Å². The summed E-state index contributed by atoms with van der Waals surface area (Å²) in [5.41, 5.74) is 7.11. The highest BCUT2D eigenvalue weighted by Crippen LogP contribution is 2.52. The lowest BCUT2D eigenvalue weighted by Gasteiger charge is -2.45. The van der Waals surface area contributed by atoms with Crippen LogP contribution in [0.5, 0.6) is 5.75 Å². The zero-order valence-corrected chi connectivity index (χ0v) is 27.2. The first-order valence-corrected chi connectivity index (χ1v) is 16.7. The first-order valence-electron chi connectivity index (χ1n) is 15.4. The van der Waals surface area contributed by atoms with E-state index < -0.39 is 0 Å². The number of benzene rings is 4. The molecule has 0 aliphatic carbocycles. The Morgan fingerprint density at radius 3 is 1.86 bits per heavy atom. The van der Waals surface area contributed by atoms with Gasteiger partial charge in [0.05, 0.1) is 31.7 Å². The molecule has 43 heavy (non-hydrogen) atoms. The molecule has 5 rings (SSSR count). The summed E-state index contributed by atoms with van der Waals surface area (Å²) in [6.45, 7) is 7.84. The van der Waals surface area contributed by atoms with Gasteiger partial charge in [0.1, 0.15) is 11.9 Å². The molecule has 1 aliphatic rings. The number of hydrogen-bond donors (Lipinski definition) is 0. The standard InChI is InChI=1S/C38H43ClO3S/c1-5-27-17-19-28(20-18-27)21-31-22-32(34(40-4)23-33(31)39)38-37(42-25-30-15-11-8-12-16-30)36(26(3)35(6-2)43-38)41-24-29-13-9-7-10-14-29/h7-20,22-23,26,35-38H,5-6,21,24-25H2,1-4H3/t26-,35-,36+,37-,38+/m1/s1. The summed E-state index contributed by atoms with van der Waals surface area (Å²) in [5, 5.41) is 1.15. The normalized spacial score (nSPS) is 21.9. The van der Waals surface area contributed by atoms with Crippen LogP contribution in [0.4, 0.5) is 0 Å². The zero-order chi connectivity index (χ0) is 30.2. The molecule has 4 aromatic rings. The van der Waals surface area contributed by atoms with Crippen LogP contribution in [0.3, 0.4) is 0 Å². The minimum absolute atomic E-state index is 0.0130. The van der Waals surface area contributed by atoms with E-state index in [2.05, 4.69) is 99.6 Å². The summed E-state index contributed by atoms with van der Waals surface area (Å²) < 4.78 is 19.7. The van der Waals surface area contributed by atoms with Crippen LogP contribution in [0.1, 0.15) is 65.8 Å². The van der Waals surface area contributed by atoms with E-state index in [-0.39, 0.29) is 17.5 Å². The van der Waals surface area contributed by atoms with Crippen molar-refractivity contribution in [1.82, 2.24) is 0 Å². The van der Waals surface area contributed by atoms with Crippen molar-refractivity contribution >= 4 is 23.4 Å². The molecule has 0 unspecified atom stereocenters. The van der Waals surface area contributed by atoms with Crippen LogP contribution in [0.2, 0.25) is 5.02 Å². The maximum absolute atomic E-state index is 6.89. The maximum Gasteiger partial charge on any atom is 0.124 e. The van der Waals surface area contributed by atoms with Crippen LogP contribution < -0.4 is 4.74 Å². The van der Waals surface area contributed by atoms with E-state index in [0.29, 0.717) is 24.4 Å². The van der Waals surface area contributed by atoms with Crippen LogP contribution in [0, 0.1) is 5.92 Å². The zero-order valence-electron chi connectivity index (χ0n) is 25.7. The molecular weight excluding hydrogens is 572 g/mol. The van der Waals surface area contributed by atoms with Crippen LogP contribution in [0.15, 0.2) is 97.1 Å². The van der Waals surface area contributed by atoms with E-state index in [4.69, 9.17) is 25.8 Å². The molecule has 0 spiro atoms. The first-order chi connectivity index (χ1) is 21.0. The number of hydrogen-bond acceptors (Lipinski definition) is 4. The Morgan fingerprint density at radius 2 is 1.30 bits per heavy atom. The van der Waals surface area contributed by atoms with E-state index in [1.165, 1.54) is 16.7 Å². The number of methoxy groups -OCH3 is 1. The van der Waals surface area contributed by atoms with Gasteiger partial charge in [-0.25, -0.2) is 0 Å². The predicted octanol–water partition coefficient (Wildman–Crippen LogP) is 9.88. The minimum Gasteiger partial charge on any atom is -0.496 e. The molecular formula is C38H43ClO3S. The Hall–Kier alpha value is -2.76. The molecule has 5 heteroatoms. The average Bonchev–Trinajstić information content (AvgIpc) is 3.05. The molecule has 0 N–H and O–H groups in total. The van der Waals surface area contributed by atoms with E-state index in [1.807, 2.05) is 30.0 Å². The molecule has 0 bridgehead atoms. The number of rotatable bonds is 12. The fourth-order valence-corrected chi connectivity index (χ4v) is 7.93. The molecule has 0 aromatic heterocycles. The maximum atomic E-state index is 6.89. The Morgan fingerprint density at radius 1 is 0.721 bits per heavy atom. The van der Waals surface area contributed by atoms with Crippen LogP contribution in [0.25, 0.3) is 0 Å². The molecule has 3 nitrogen and oxygen atoms in total. The van der Waals surface area contributed by atoms with Gasteiger partial charge in [0, 0.05) is 15.8 Å². The van der Waals surface area contributed by atoms with E-state index in [1.54, 1.807) is 7.11 Å². The molecule has 1 fully saturated rings. The molecule has 0 amide bonds. The van der Waals surface area contributed by atoms with Gasteiger partial charge in [-0.2, -0.15) is 0 Å². The van der Waals surface area contributed by atoms with Crippen molar-refractivity contribution in [3.05, 3.63) is 135 Å². The number of ether oxygens (including phenoxy) is 3. The van der Waals surface area contributed by atoms with Gasteiger partial charge in [-0.1, -0.05) is 117 Å². The fraction of sp³-hybridized carbons (Fsp3) is 0.368. The minimum atomic E-state index is -0.182. The number of halogens is 1. The first kappa shape index (κ1) is 31.7. The van der Waals surface area contributed by atoms with Gasteiger partial charge >= 0.3 is 0 Å². The highest BCUT2D eigenvalue weighted by atomic mass is 35.5. The van der Waals surface area contributed by atoms with Gasteiger partial charge in [0.25, 0.3) is 0 Å². The van der Waals surface area contributed by atoms with Gasteiger partial charge in [-0.3, -0.25) is 0 Å². The summed E-state index contributed by atoms with van der Waals surface area (Å²) in [5.74, 6) is 1.11. The topological polar surface area (TPSA) is 27.7 Å². The molecule has 1 saturated heterocycles. The van der Waals surface area contributed by atoms with Gasteiger partial charge in [-0.15, -0.1) is 11.8 Å². The molecule has 1 aliphatic heterocycles. The molecule has 226 valence electrons. The molecule has 5 atom stereocenters. The highest BCUT2D eigenvalue weighted by Gasteiger charge is 2.46. The predicted molar refractivity (Wildman–Crippen MR) is 180 cm³/mol. The second kappa shape index (κ2) is 15.3. The molecule has 4 aromatic carbocycles. The van der Waals surface area contributed by atoms with Gasteiger partial charge in [-0.05, 0) is 65.1 Å². The van der Waals surface area contributed by atoms with E-state index >= 15 is 0 Å². The van der Waals surface area contributed by atoms with Gasteiger partial charge < -0.3 is 14.2 Å². The van der Waals surface area contributed by atoms with Gasteiger partial charge in [0.15, 0.2) is 0 Å². The molecule has 1 heterocycles. The van der Waals surface area contributed by atoms with Crippen LogP contribution in [-0.4, -0.2) is 24.6 Å². The summed E-state index contributed by atoms with van der Waals surface area (Å²) in [7, 11) is 1.73. The summed E-state index contributed by atoms with van der Waals surface area (Å²) in [4.78, 5) is 0. The Balaban J connectivity index is 1.52. The summed E-state index contributed by atoms with van der Waals surface area (Å²) in [6.07, 6.45) is 2.56. The van der Waals surface area contributed by atoms with Crippen molar-refractivity contribution < 1.29 is 14.2 Å². The second-order valence-corrected chi connectivity index (χ2v) is 13.2. The highest BCUT2D eigenvalue weighted by molar-refractivity contribution is 8.00. The average molecular weight is 615 g/mol. The number of thioether (sulfide) groups is 1. The van der Waals surface area contributed by atoms with Crippen molar-refractivity contribution in [2.75, 3.05) is 7.11 Å². The summed E-state index contributed by atoms with van der Waals surface area (Å²) >= 11 is 8.88.